The van der Waals surface area contributed by atoms with E-state index >= 15 is 0 Å². The molecular weight excluding hydrogens is 236 g/mol. The Bertz CT molecular complexity index is 318. The molecule has 0 radical (unpaired) electrons. The van der Waals surface area contributed by atoms with E-state index in [0.29, 0.717) is 11.7 Å². The molecule has 0 aromatic carbocycles. The number of carbonyl (C=O) groups excluding carboxylic acids is 1. The third-order valence-corrected chi connectivity index (χ3v) is 5.33. The highest BCUT2D eigenvalue weighted by Crippen LogP contribution is 2.24. The lowest BCUT2D eigenvalue weighted by molar-refractivity contribution is -0.123. The van der Waals surface area contributed by atoms with Crippen molar-refractivity contribution in [3.8, 4) is 0 Å². The number of piperidine rings is 1. The van der Waals surface area contributed by atoms with Crippen molar-refractivity contribution in [2.75, 3.05) is 32.7 Å². The quantitative estimate of drug-likeness (QED) is 0.715. The van der Waals surface area contributed by atoms with Gasteiger partial charge in [0.15, 0.2) is 0 Å². The fraction of sp³-hybridized carbons (Fsp3) is 0.938. The van der Waals surface area contributed by atoms with Crippen LogP contribution in [0.2, 0.25) is 0 Å². The van der Waals surface area contributed by atoms with E-state index in [2.05, 4.69) is 9.80 Å². The van der Waals surface area contributed by atoms with Crippen LogP contribution in [0.3, 0.4) is 0 Å². The molecule has 3 rings (SSSR count). The maximum absolute atomic E-state index is 12.1. The Labute approximate surface area is 117 Å². The van der Waals surface area contributed by atoms with E-state index in [1.807, 2.05) is 0 Å². The molecule has 2 aliphatic heterocycles. The fourth-order valence-electron chi connectivity index (χ4n) is 4.12. The van der Waals surface area contributed by atoms with Gasteiger partial charge in [0.2, 0.25) is 0 Å². The van der Waals surface area contributed by atoms with Gasteiger partial charge in [-0.3, -0.25) is 14.6 Å². The molecule has 2 saturated heterocycles. The molecule has 19 heavy (non-hydrogen) atoms. The predicted molar refractivity (Wildman–Crippen MR) is 77.2 cm³/mol. The van der Waals surface area contributed by atoms with Crippen LogP contribution in [0.15, 0.2) is 0 Å². The third kappa shape index (κ3) is 3.38. The van der Waals surface area contributed by atoms with Crippen molar-refractivity contribution in [1.29, 1.82) is 0 Å². The molecule has 0 spiro atoms. The van der Waals surface area contributed by atoms with Crippen molar-refractivity contribution in [2.45, 2.75) is 57.4 Å². The van der Waals surface area contributed by atoms with Gasteiger partial charge < -0.3 is 0 Å². The molecule has 3 heteroatoms. The van der Waals surface area contributed by atoms with E-state index in [9.17, 15) is 4.79 Å². The van der Waals surface area contributed by atoms with Crippen LogP contribution in [0.5, 0.6) is 0 Å². The second-order valence-electron chi connectivity index (χ2n) is 6.71. The van der Waals surface area contributed by atoms with Gasteiger partial charge >= 0.3 is 0 Å². The number of fused-ring (bicyclic) bond motifs is 1. The van der Waals surface area contributed by atoms with Crippen LogP contribution in [0.25, 0.3) is 0 Å². The SMILES string of the molecule is O=C1CCCCCC1CN1CCN2CCCCC2C1. The average Bonchev–Trinajstić information content (AvgIpc) is 2.64. The molecule has 0 amide bonds. The fourth-order valence-corrected chi connectivity index (χ4v) is 4.12. The Balaban J connectivity index is 1.53. The normalized spacial score (nSPS) is 34.8. The number of rotatable bonds is 2. The zero-order valence-corrected chi connectivity index (χ0v) is 12.1. The Morgan fingerprint density at radius 1 is 0.947 bits per heavy atom. The van der Waals surface area contributed by atoms with Crippen molar-refractivity contribution in [3.05, 3.63) is 0 Å². The molecule has 0 bridgehead atoms. The summed E-state index contributed by atoms with van der Waals surface area (Å²) in [5.41, 5.74) is 0. The van der Waals surface area contributed by atoms with E-state index in [-0.39, 0.29) is 0 Å². The Hall–Kier alpha value is -0.410. The van der Waals surface area contributed by atoms with Gasteiger partial charge in [-0.1, -0.05) is 19.3 Å². The van der Waals surface area contributed by atoms with Gasteiger partial charge in [-0.2, -0.15) is 0 Å². The summed E-state index contributed by atoms with van der Waals surface area (Å²) in [5.74, 6) is 0.890. The predicted octanol–water partition coefficient (Wildman–Crippen LogP) is 2.31. The lowest BCUT2D eigenvalue weighted by Gasteiger charge is -2.44. The first kappa shape index (κ1) is 13.6. The van der Waals surface area contributed by atoms with E-state index < -0.39 is 0 Å². The first-order valence-electron chi connectivity index (χ1n) is 8.32. The highest BCUT2D eigenvalue weighted by molar-refractivity contribution is 5.81. The van der Waals surface area contributed by atoms with E-state index in [0.717, 1.165) is 31.8 Å². The average molecular weight is 264 g/mol. The summed E-state index contributed by atoms with van der Waals surface area (Å²) in [6.07, 6.45) is 9.80. The summed E-state index contributed by atoms with van der Waals surface area (Å²) >= 11 is 0. The molecule has 3 aliphatic rings. The third-order valence-electron chi connectivity index (χ3n) is 5.33. The lowest BCUT2D eigenvalue weighted by Crippen LogP contribution is -2.55. The van der Waals surface area contributed by atoms with Crippen LogP contribution >= 0.6 is 0 Å². The molecule has 2 unspecified atom stereocenters. The minimum atomic E-state index is 0.345. The molecule has 2 heterocycles. The topological polar surface area (TPSA) is 23.6 Å². The zero-order chi connectivity index (χ0) is 13.1. The monoisotopic (exact) mass is 264 g/mol. The summed E-state index contributed by atoms with van der Waals surface area (Å²) in [6, 6.07) is 0.781. The second-order valence-corrected chi connectivity index (χ2v) is 6.71. The van der Waals surface area contributed by atoms with Crippen molar-refractivity contribution in [2.24, 2.45) is 5.92 Å². The van der Waals surface area contributed by atoms with Crippen LogP contribution in [-0.2, 0) is 4.79 Å². The van der Waals surface area contributed by atoms with Crippen molar-refractivity contribution >= 4 is 5.78 Å². The molecule has 0 N–H and O–H groups in total. The summed E-state index contributed by atoms with van der Waals surface area (Å²) < 4.78 is 0. The molecule has 0 aromatic rings. The van der Waals surface area contributed by atoms with Crippen molar-refractivity contribution < 1.29 is 4.79 Å². The second kappa shape index (κ2) is 6.36. The summed E-state index contributed by atoms with van der Waals surface area (Å²) in [4.78, 5) is 17.4. The number of Topliss-reactive ketones (excluding diaryl/α,β-unsaturated/α-hetero) is 1. The minimum Gasteiger partial charge on any atom is -0.300 e. The summed E-state index contributed by atoms with van der Waals surface area (Å²) in [5, 5.41) is 0. The van der Waals surface area contributed by atoms with Gasteiger partial charge in [0.25, 0.3) is 0 Å². The van der Waals surface area contributed by atoms with Gasteiger partial charge in [-0.05, 0) is 32.2 Å². The van der Waals surface area contributed by atoms with Gasteiger partial charge in [0, 0.05) is 44.6 Å². The molecular formula is C16H28N2O. The standard InChI is InChI=1S/C16H28N2O/c19-16-8-3-1-2-6-14(16)12-17-10-11-18-9-5-4-7-15(18)13-17/h14-15H,1-13H2. The molecule has 108 valence electrons. The van der Waals surface area contributed by atoms with Gasteiger partial charge in [0.05, 0.1) is 0 Å². The zero-order valence-electron chi connectivity index (χ0n) is 12.1. The Morgan fingerprint density at radius 3 is 2.79 bits per heavy atom. The highest BCUT2D eigenvalue weighted by Gasteiger charge is 2.31. The maximum atomic E-state index is 12.1. The van der Waals surface area contributed by atoms with Gasteiger partial charge in [-0.15, -0.1) is 0 Å². The number of hydrogen-bond acceptors (Lipinski definition) is 3. The van der Waals surface area contributed by atoms with E-state index in [1.165, 1.54) is 58.3 Å². The first-order valence-corrected chi connectivity index (χ1v) is 8.32. The van der Waals surface area contributed by atoms with Crippen LogP contribution in [0.4, 0.5) is 0 Å². The molecule has 1 saturated carbocycles. The van der Waals surface area contributed by atoms with Crippen molar-refractivity contribution in [3.63, 3.8) is 0 Å². The van der Waals surface area contributed by atoms with Crippen molar-refractivity contribution in [1.82, 2.24) is 9.80 Å². The van der Waals surface area contributed by atoms with Gasteiger partial charge in [0.1, 0.15) is 5.78 Å². The van der Waals surface area contributed by atoms with E-state index in [1.54, 1.807) is 0 Å². The number of ketones is 1. The molecule has 3 nitrogen and oxygen atoms in total. The number of piperazine rings is 1. The lowest BCUT2D eigenvalue weighted by atomic mass is 9.95. The van der Waals surface area contributed by atoms with Crippen LogP contribution in [-0.4, -0.2) is 54.3 Å². The largest absolute Gasteiger partial charge is 0.300 e. The molecule has 2 atom stereocenters. The summed E-state index contributed by atoms with van der Waals surface area (Å²) in [6.45, 7) is 5.97. The summed E-state index contributed by atoms with van der Waals surface area (Å²) in [7, 11) is 0. The van der Waals surface area contributed by atoms with Crippen LogP contribution in [0, 0.1) is 5.92 Å². The molecule has 0 aromatic heterocycles. The van der Waals surface area contributed by atoms with Gasteiger partial charge in [-0.25, -0.2) is 0 Å². The van der Waals surface area contributed by atoms with Crippen LogP contribution < -0.4 is 0 Å². The minimum absolute atomic E-state index is 0.345. The number of hydrogen-bond donors (Lipinski definition) is 0. The Morgan fingerprint density at radius 2 is 1.84 bits per heavy atom. The number of carbonyl (C=O) groups is 1. The molecule has 3 fully saturated rings. The maximum Gasteiger partial charge on any atom is 0.137 e. The first-order chi connectivity index (χ1) is 9.33. The highest BCUT2D eigenvalue weighted by atomic mass is 16.1. The Kier molecular flexibility index (Phi) is 4.54. The molecule has 1 aliphatic carbocycles. The number of nitrogens with zero attached hydrogens (tertiary/aromatic N) is 2. The van der Waals surface area contributed by atoms with Crippen LogP contribution in [0.1, 0.15) is 51.4 Å². The van der Waals surface area contributed by atoms with E-state index in [4.69, 9.17) is 0 Å². The smallest absolute Gasteiger partial charge is 0.137 e.